The molecule has 0 spiro atoms. The zero-order chi connectivity index (χ0) is 33.6. The quantitative estimate of drug-likeness (QED) is 0.220. The summed E-state index contributed by atoms with van der Waals surface area (Å²) in [6.07, 6.45) is -0.436. The average Bonchev–Trinajstić information content (AvgIpc) is 3.79. The maximum atomic E-state index is 15.3. The number of likely N-dealkylation sites (tertiary alicyclic amines) is 1. The number of nitrogens with one attached hydrogen (secondary N) is 1. The standard InChI is InChI=1S/C32H30ClF3N4O6S/c1-44-22-7-9-23(10-8-22)47(42,43)40-26-11-6-21(33)17-24(26)32(30(40)41,39-14-3-4-27(39)29-38-13-15-46-29)25-16-20(5-12-28(25)45-2)18-37-19-31(34,35)36/h5-13,15-17,27,37H,3-4,14,18-19H2,1-2H3. The molecule has 1 saturated heterocycles. The van der Waals surface area contributed by atoms with Crippen molar-refractivity contribution >= 4 is 33.2 Å². The van der Waals surface area contributed by atoms with Gasteiger partial charge in [-0.3, -0.25) is 9.69 Å². The van der Waals surface area contributed by atoms with Crippen molar-refractivity contribution in [1.29, 1.82) is 0 Å². The number of aromatic nitrogens is 1. The molecular formula is C32H30ClF3N4O6S. The van der Waals surface area contributed by atoms with Crippen molar-refractivity contribution in [1.82, 2.24) is 15.2 Å². The lowest BCUT2D eigenvalue weighted by Gasteiger charge is -2.41. The van der Waals surface area contributed by atoms with Gasteiger partial charge >= 0.3 is 6.18 Å². The van der Waals surface area contributed by atoms with Gasteiger partial charge in [0.1, 0.15) is 17.8 Å². The minimum atomic E-state index is -4.54. The van der Waals surface area contributed by atoms with Gasteiger partial charge in [-0.25, -0.2) is 17.7 Å². The molecule has 1 amide bonds. The van der Waals surface area contributed by atoms with E-state index in [4.69, 9.17) is 25.5 Å². The van der Waals surface area contributed by atoms with Crippen LogP contribution in [-0.4, -0.2) is 57.7 Å². The van der Waals surface area contributed by atoms with Gasteiger partial charge in [-0.1, -0.05) is 17.7 Å². The lowest BCUT2D eigenvalue weighted by atomic mass is 9.80. The Bertz CT molecular complexity index is 1890. The second-order valence-corrected chi connectivity index (χ2v) is 13.3. The van der Waals surface area contributed by atoms with Crippen LogP contribution in [-0.2, 0) is 26.9 Å². The van der Waals surface area contributed by atoms with E-state index in [9.17, 15) is 21.6 Å². The number of hydrogen-bond donors (Lipinski definition) is 1. The summed E-state index contributed by atoms with van der Waals surface area (Å²) in [5, 5.41) is 2.62. The minimum absolute atomic E-state index is 0.0657. The topological polar surface area (TPSA) is 114 Å². The largest absolute Gasteiger partial charge is 0.497 e. The lowest BCUT2D eigenvalue weighted by molar-refractivity contribution is -0.127. The van der Waals surface area contributed by atoms with E-state index < -0.39 is 40.2 Å². The third-order valence-corrected chi connectivity index (χ3v) is 10.3. The van der Waals surface area contributed by atoms with Crippen molar-refractivity contribution in [3.05, 3.63) is 101 Å². The predicted molar refractivity (Wildman–Crippen MR) is 166 cm³/mol. The Balaban J connectivity index is 1.61. The van der Waals surface area contributed by atoms with Crippen molar-refractivity contribution in [2.45, 2.75) is 42.0 Å². The number of amides is 1. The van der Waals surface area contributed by atoms with Gasteiger partial charge in [-0.15, -0.1) is 0 Å². The van der Waals surface area contributed by atoms with Crippen LogP contribution in [0.25, 0.3) is 0 Å². The second kappa shape index (κ2) is 12.5. The predicted octanol–water partition coefficient (Wildman–Crippen LogP) is 5.81. The minimum Gasteiger partial charge on any atom is -0.497 e. The van der Waals surface area contributed by atoms with Gasteiger partial charge in [0.2, 0.25) is 5.89 Å². The number of sulfonamides is 1. The Morgan fingerprint density at radius 1 is 1.06 bits per heavy atom. The number of fused-ring (bicyclic) bond motifs is 1. The van der Waals surface area contributed by atoms with E-state index in [-0.39, 0.29) is 39.0 Å². The van der Waals surface area contributed by atoms with E-state index in [2.05, 4.69) is 10.3 Å². The molecule has 248 valence electrons. The van der Waals surface area contributed by atoms with Crippen LogP contribution >= 0.6 is 11.6 Å². The SMILES string of the molecule is COc1ccc(S(=O)(=O)N2C(=O)C(c3cc(CNCC(F)(F)F)ccc3OC)(N3CCCC3c3ncco3)c3cc(Cl)ccc32)cc1. The van der Waals surface area contributed by atoms with Crippen LogP contribution in [0.1, 0.15) is 41.5 Å². The first kappa shape index (κ1) is 32.8. The Hall–Kier alpha value is -4.11. The molecule has 0 saturated carbocycles. The van der Waals surface area contributed by atoms with Crippen LogP contribution in [0.5, 0.6) is 11.5 Å². The molecule has 2 aliphatic rings. The normalized spacial score (nSPS) is 20.1. The van der Waals surface area contributed by atoms with E-state index in [1.165, 1.54) is 69.1 Å². The fourth-order valence-electron chi connectivity index (χ4n) is 6.45. The number of benzene rings is 3. The van der Waals surface area contributed by atoms with Crippen molar-refractivity contribution in [2.75, 3.05) is 31.6 Å². The van der Waals surface area contributed by atoms with E-state index in [1.807, 2.05) is 4.90 Å². The molecule has 0 bridgehead atoms. The van der Waals surface area contributed by atoms with Crippen LogP contribution in [0, 0.1) is 0 Å². The molecule has 1 fully saturated rings. The van der Waals surface area contributed by atoms with Gasteiger partial charge in [-0.2, -0.15) is 13.2 Å². The Labute approximate surface area is 274 Å². The summed E-state index contributed by atoms with van der Waals surface area (Å²) in [7, 11) is -1.69. The monoisotopic (exact) mass is 690 g/mol. The van der Waals surface area contributed by atoms with Crippen LogP contribution in [0.3, 0.4) is 0 Å². The number of alkyl halides is 3. The third-order valence-electron chi connectivity index (χ3n) is 8.39. The zero-order valence-corrected chi connectivity index (χ0v) is 26.8. The summed E-state index contributed by atoms with van der Waals surface area (Å²) >= 11 is 6.57. The summed E-state index contributed by atoms with van der Waals surface area (Å²) in [5.74, 6) is 0.106. The molecule has 47 heavy (non-hydrogen) atoms. The number of hydrogen-bond acceptors (Lipinski definition) is 9. The number of rotatable bonds is 10. The molecule has 10 nitrogen and oxygen atoms in total. The number of anilines is 1. The number of halogens is 4. The highest BCUT2D eigenvalue weighted by molar-refractivity contribution is 7.93. The van der Waals surface area contributed by atoms with Gasteiger partial charge < -0.3 is 19.2 Å². The molecule has 0 radical (unpaired) electrons. The van der Waals surface area contributed by atoms with Gasteiger partial charge in [0.25, 0.3) is 15.9 Å². The van der Waals surface area contributed by atoms with Gasteiger partial charge in [0, 0.05) is 29.2 Å². The molecule has 2 unspecified atom stereocenters. The number of nitrogens with zero attached hydrogens (tertiary/aromatic N) is 3. The van der Waals surface area contributed by atoms with Crippen LogP contribution in [0.4, 0.5) is 18.9 Å². The van der Waals surface area contributed by atoms with Crippen molar-refractivity contribution in [3.8, 4) is 11.5 Å². The van der Waals surface area contributed by atoms with E-state index in [0.717, 1.165) is 4.31 Å². The molecule has 3 aromatic carbocycles. The fraction of sp³-hybridized carbons (Fsp3) is 0.312. The highest BCUT2D eigenvalue weighted by atomic mass is 35.5. The first-order valence-electron chi connectivity index (χ1n) is 14.6. The van der Waals surface area contributed by atoms with Crippen molar-refractivity contribution in [3.63, 3.8) is 0 Å². The second-order valence-electron chi connectivity index (χ2n) is 11.1. The maximum Gasteiger partial charge on any atom is 0.401 e. The first-order chi connectivity index (χ1) is 22.4. The van der Waals surface area contributed by atoms with Crippen LogP contribution < -0.4 is 19.1 Å². The lowest BCUT2D eigenvalue weighted by Crippen LogP contribution is -2.54. The molecule has 2 aliphatic heterocycles. The summed E-state index contributed by atoms with van der Waals surface area (Å²) in [4.78, 5) is 21.4. The van der Waals surface area contributed by atoms with Crippen molar-refractivity contribution < 1.29 is 40.3 Å². The molecule has 6 rings (SSSR count). The number of ether oxygens (including phenoxy) is 2. The van der Waals surface area contributed by atoms with Gasteiger partial charge in [0.15, 0.2) is 5.54 Å². The zero-order valence-electron chi connectivity index (χ0n) is 25.3. The molecule has 2 atom stereocenters. The molecule has 3 heterocycles. The number of oxazole rings is 1. The maximum absolute atomic E-state index is 15.3. The van der Waals surface area contributed by atoms with Gasteiger partial charge in [0.05, 0.1) is 43.6 Å². The highest BCUT2D eigenvalue weighted by Gasteiger charge is 2.62. The fourth-order valence-corrected chi connectivity index (χ4v) is 8.08. The molecule has 0 aliphatic carbocycles. The van der Waals surface area contributed by atoms with Crippen LogP contribution in [0.15, 0.2) is 82.4 Å². The van der Waals surface area contributed by atoms with Crippen molar-refractivity contribution in [2.24, 2.45) is 0 Å². The Morgan fingerprint density at radius 2 is 1.83 bits per heavy atom. The summed E-state index contributed by atoms with van der Waals surface area (Å²) < 4.78 is 85.3. The van der Waals surface area contributed by atoms with E-state index >= 15 is 4.79 Å². The molecular weight excluding hydrogens is 661 g/mol. The third kappa shape index (κ3) is 5.73. The van der Waals surface area contributed by atoms with E-state index in [0.29, 0.717) is 36.6 Å². The molecule has 15 heteroatoms. The smallest absolute Gasteiger partial charge is 0.401 e. The molecule has 1 aromatic heterocycles. The molecule has 4 aromatic rings. The average molecular weight is 691 g/mol. The van der Waals surface area contributed by atoms with E-state index in [1.54, 1.807) is 18.2 Å². The first-order valence-corrected chi connectivity index (χ1v) is 16.4. The summed E-state index contributed by atoms with van der Waals surface area (Å²) in [6.45, 7) is -1.12. The summed E-state index contributed by atoms with van der Waals surface area (Å²) in [6, 6.07) is 14.3. The number of carbonyl (C=O) groups excluding carboxylic acids is 1. The number of methoxy groups -OCH3 is 2. The van der Waals surface area contributed by atoms with Crippen LogP contribution in [0.2, 0.25) is 5.02 Å². The summed E-state index contributed by atoms with van der Waals surface area (Å²) in [5.41, 5.74) is -0.934. The molecule has 1 N–H and O–H groups in total. The Kier molecular flexibility index (Phi) is 8.72. The number of carbonyl (C=O) groups is 1. The highest BCUT2D eigenvalue weighted by Crippen LogP contribution is 2.56. The Morgan fingerprint density at radius 3 is 2.49 bits per heavy atom. The van der Waals surface area contributed by atoms with Gasteiger partial charge in [-0.05, 0) is 73.0 Å².